The third-order valence-corrected chi connectivity index (χ3v) is 23.3. The van der Waals surface area contributed by atoms with Gasteiger partial charge in [0.1, 0.15) is 71.0 Å². The van der Waals surface area contributed by atoms with Crippen LogP contribution in [0.25, 0.3) is 0 Å². The summed E-state index contributed by atoms with van der Waals surface area (Å²) in [5.74, 6) is -15.9. The highest BCUT2D eigenvalue weighted by Crippen LogP contribution is 2.42. The molecule has 0 bridgehead atoms. The van der Waals surface area contributed by atoms with E-state index in [-0.39, 0.29) is 126 Å². The van der Waals surface area contributed by atoms with E-state index < -0.39 is 216 Å². The lowest BCUT2D eigenvalue weighted by molar-refractivity contribution is -0.143. The Labute approximate surface area is 767 Å². The van der Waals surface area contributed by atoms with Crippen molar-refractivity contribution in [1.29, 1.82) is 0 Å². The zero-order chi connectivity index (χ0) is 97.5. The predicted octanol–water partition coefficient (Wildman–Crippen LogP) is -5.54. The molecule has 46 nitrogen and oxygen atoms in total. The van der Waals surface area contributed by atoms with Crippen molar-refractivity contribution in [2.75, 3.05) is 52.5 Å². The van der Waals surface area contributed by atoms with E-state index in [0.717, 1.165) is 12.8 Å². The molecule has 15 amide bonds. The second-order valence-corrected chi connectivity index (χ2v) is 34.0. The van der Waals surface area contributed by atoms with Gasteiger partial charge in [-0.05, 0) is 98.7 Å². The molecule has 6 aliphatic rings. The first-order chi connectivity index (χ1) is 63.2. The Bertz CT molecular complexity index is 4490. The van der Waals surface area contributed by atoms with E-state index in [1.54, 1.807) is 91.0 Å². The maximum Gasteiger partial charge on any atom is 0.305 e. The molecule has 2 aliphatic carbocycles. The fraction of sp³-hybridized carbons (Fsp3) is 0.552. The van der Waals surface area contributed by atoms with Gasteiger partial charge in [0.2, 0.25) is 88.6 Å². The number of hydrogen-bond acceptors (Lipinski definition) is 22. The van der Waals surface area contributed by atoms with Gasteiger partial charge in [-0.3, -0.25) is 101 Å². The number of rotatable bonds is 25. The molecule has 3 spiro atoms. The monoisotopic (exact) mass is 1860 g/mol. The fourth-order valence-electron chi connectivity index (χ4n) is 16.5. The van der Waals surface area contributed by atoms with Crippen LogP contribution < -0.4 is 114 Å². The molecular formula is C87H126N24O22. The van der Waals surface area contributed by atoms with E-state index in [9.17, 15) is 102 Å². The summed E-state index contributed by atoms with van der Waals surface area (Å²) in [4.78, 5) is 248. The molecule has 9 rings (SSSR count). The largest absolute Gasteiger partial charge is 0.481 e. The highest BCUT2D eigenvalue weighted by atomic mass is 16.5. The van der Waals surface area contributed by atoms with Crippen LogP contribution in [0.2, 0.25) is 0 Å². The maximum absolute atomic E-state index is 14.5. The second-order valence-electron chi connectivity index (χ2n) is 34.0. The summed E-state index contributed by atoms with van der Waals surface area (Å²) in [7, 11) is 0. The number of carbonyl (C=O) groups is 18. The molecule has 4 aliphatic heterocycles. The van der Waals surface area contributed by atoms with Crippen molar-refractivity contribution in [3.8, 4) is 0 Å². The van der Waals surface area contributed by atoms with E-state index in [4.69, 9.17) is 39.1 Å². The molecular weight excluding hydrogens is 1730 g/mol. The van der Waals surface area contributed by atoms with Gasteiger partial charge in [-0.25, -0.2) is 0 Å². The molecule has 1 unspecified atom stereocenters. The van der Waals surface area contributed by atoms with Crippen LogP contribution in [0.1, 0.15) is 159 Å². The standard InChI is InChI=1S/C32H48N8O7.C28H40N8O7.C27H38N8O8/c1-18(2)21-12-11-19(3)16-32(21)30(47)39-22(10-7-13-35-31(33)34)27(44)36-17-25(41)37-24(15-26(42)43)28(45)38-23(29(46)40-32)14-20-8-5-4-6-9-20;29-27(30)31-13-7-10-18-23(40)32-16-21(37)33-20(15-22(38)39)24(41)34-19(14-17-8-3-1-4-9-17)25(42)36-28(26(43)35-18)11-5-2-6-12-28;28-26(29)30-10-4-7-17-22(39)31-15-20(36)32-19(14-21(37)38)23(40)33-18(13-16-5-2-1-3-6-16)24(41)35-27(25(42)34-17)8-11-43-12-9-27/h4-6,8-9,18-19,21-24H,7,10-17H2,1-3H3,(H,36,44)(H,37,41)(H,38,45)(H,39,47)(H,40,46)(H,42,43)(H4,33,34,35);1,3-4,8-9,18-20H,2,5-7,10-16H2,(H,32,40)(H,33,37)(H,34,41)(H,35,43)(H,36,42)(H,38,39)(H4,29,30,31);1-3,5-6,17-19H,4,7-15H2,(H,31,39)(H,32,36)(H,33,40)(H,34,42)(H,35,41)(H,37,38)(H4,28,29,30)/t19-,21+,22-,23+,24-,32?;18-,19+,20-;17-,18+,19-/m000/s1. The topological polar surface area (TPSA) is 751 Å². The van der Waals surface area contributed by atoms with Crippen LogP contribution in [0, 0.1) is 17.8 Å². The van der Waals surface area contributed by atoms with Crippen LogP contribution in [-0.2, 0) is 110 Å². The zero-order valence-corrected chi connectivity index (χ0v) is 74.7. The Hall–Kier alpha value is -14.1. The Kier molecular flexibility index (Phi) is 41.5. The fourth-order valence-corrected chi connectivity index (χ4v) is 16.5. The van der Waals surface area contributed by atoms with Crippen LogP contribution in [-0.4, -0.2) is 263 Å². The highest BCUT2D eigenvalue weighted by Gasteiger charge is 2.53. The minimum Gasteiger partial charge on any atom is -0.481 e. The molecule has 3 aromatic rings. The summed E-state index contributed by atoms with van der Waals surface area (Å²) in [6.45, 7) is 4.97. The number of carbonyl (C=O) groups excluding carboxylic acids is 15. The predicted molar refractivity (Wildman–Crippen MR) is 480 cm³/mol. The van der Waals surface area contributed by atoms with Crippen molar-refractivity contribution in [1.82, 2.24) is 79.8 Å². The number of nitrogens with two attached hydrogens (primary N) is 6. The molecule has 4 heterocycles. The minimum atomic E-state index is -1.55. The third kappa shape index (κ3) is 34.3. The molecule has 46 heteroatoms. The molecule has 2 saturated carbocycles. The average Bonchev–Trinajstić information content (AvgIpc) is 0.962. The number of carboxylic acid groups (broad SMARTS) is 3. The summed E-state index contributed by atoms with van der Waals surface area (Å²) in [5, 5.41) is 67.3. The molecule has 6 fully saturated rings. The van der Waals surface area contributed by atoms with E-state index >= 15 is 0 Å². The first kappa shape index (κ1) is 106. The van der Waals surface area contributed by atoms with Crippen molar-refractivity contribution in [2.45, 2.75) is 233 Å². The lowest BCUT2D eigenvalue weighted by atomic mass is 9.64. The van der Waals surface area contributed by atoms with Gasteiger partial charge in [0.25, 0.3) is 0 Å². The SMILES string of the molecule is CC(C)[C@H]1CC[C@H](C)CC12NC(=O)[C@@H](Cc1ccccc1)NC(=O)[C@H](CC(=O)O)NC(=O)CNC(=O)[C@H](CCCN=C(N)N)NC2=O.NC(N)=NCCC[C@@H]1NC(=O)C2(CCCCC2)NC(=O)[C@@H](Cc2ccccc2)NC(=O)[C@H](CC(=O)O)NC(=O)CNC1=O.NC(N)=NCCC[C@@H]1NC(=O)C2(CCOCC2)NC(=O)[C@@H](Cc2ccccc2)NC(=O)[C@H](CC(=O)O)NC(=O)CNC1=O. The van der Waals surface area contributed by atoms with Crippen molar-refractivity contribution < 1.29 is 106 Å². The molecule has 4 saturated heterocycles. The third-order valence-electron chi connectivity index (χ3n) is 23.3. The minimum absolute atomic E-state index is 0.00775. The number of benzene rings is 3. The number of amides is 15. The smallest absolute Gasteiger partial charge is 0.305 e. The van der Waals surface area contributed by atoms with Crippen LogP contribution in [0.15, 0.2) is 106 Å². The highest BCUT2D eigenvalue weighted by molar-refractivity contribution is 6.03. The van der Waals surface area contributed by atoms with E-state index in [2.05, 4.69) is 94.7 Å². The van der Waals surface area contributed by atoms with Gasteiger partial charge in [0.05, 0.1) is 38.9 Å². The number of hydrogen-bond donors (Lipinski definition) is 24. The van der Waals surface area contributed by atoms with E-state index in [1.807, 2.05) is 20.8 Å². The number of nitrogens with one attached hydrogen (secondary N) is 15. The molecule has 0 aromatic heterocycles. The molecule has 3 aromatic carbocycles. The van der Waals surface area contributed by atoms with Crippen LogP contribution in [0.5, 0.6) is 0 Å². The Morgan fingerprint density at radius 3 is 1.02 bits per heavy atom. The molecule has 30 N–H and O–H groups in total. The first-order valence-corrected chi connectivity index (χ1v) is 44.2. The number of guanidine groups is 3. The normalized spacial score (nSPS) is 24.9. The lowest BCUT2D eigenvalue weighted by Crippen LogP contribution is -2.69. The maximum atomic E-state index is 14.5. The summed E-state index contributed by atoms with van der Waals surface area (Å²) in [6, 6.07) is 14.9. The molecule has 12 atom stereocenters. The van der Waals surface area contributed by atoms with Gasteiger partial charge < -0.3 is 134 Å². The van der Waals surface area contributed by atoms with Gasteiger partial charge in [0, 0.05) is 65.0 Å². The van der Waals surface area contributed by atoms with Crippen LogP contribution in [0.3, 0.4) is 0 Å². The van der Waals surface area contributed by atoms with Gasteiger partial charge in [-0.15, -0.1) is 0 Å². The zero-order valence-electron chi connectivity index (χ0n) is 74.7. The number of nitrogens with zero attached hydrogens (tertiary/aromatic N) is 3. The number of ether oxygens (including phenoxy) is 1. The number of aliphatic carboxylic acids is 3. The van der Waals surface area contributed by atoms with Gasteiger partial charge in [-0.2, -0.15) is 0 Å². The summed E-state index contributed by atoms with van der Waals surface area (Å²) >= 11 is 0. The quantitative estimate of drug-likeness (QED) is 0.0214. The summed E-state index contributed by atoms with van der Waals surface area (Å²) < 4.78 is 5.44. The van der Waals surface area contributed by atoms with Crippen molar-refractivity contribution in [3.63, 3.8) is 0 Å². The second kappa shape index (κ2) is 52.1. The average molecular weight is 1860 g/mol. The Morgan fingerprint density at radius 1 is 0.383 bits per heavy atom. The molecule has 0 radical (unpaired) electrons. The van der Waals surface area contributed by atoms with Crippen molar-refractivity contribution in [3.05, 3.63) is 108 Å². The van der Waals surface area contributed by atoms with E-state index in [1.165, 1.54) is 0 Å². The summed E-state index contributed by atoms with van der Waals surface area (Å²) in [6.07, 6.45) is 3.67. The van der Waals surface area contributed by atoms with Gasteiger partial charge in [0.15, 0.2) is 17.9 Å². The molecule has 133 heavy (non-hydrogen) atoms. The van der Waals surface area contributed by atoms with Crippen LogP contribution >= 0.6 is 0 Å². The lowest BCUT2D eigenvalue weighted by Gasteiger charge is -2.48. The van der Waals surface area contributed by atoms with Crippen LogP contribution in [0.4, 0.5) is 0 Å². The van der Waals surface area contributed by atoms with Gasteiger partial charge in [-0.1, -0.05) is 137 Å². The number of aliphatic imine (C=N–C) groups is 3. The van der Waals surface area contributed by atoms with E-state index in [0.29, 0.717) is 68.1 Å². The van der Waals surface area contributed by atoms with Crippen molar-refractivity contribution >= 4 is 124 Å². The summed E-state index contributed by atoms with van der Waals surface area (Å²) in [5.41, 5.74) is 30.2. The molecule has 726 valence electrons. The van der Waals surface area contributed by atoms with Gasteiger partial charge >= 0.3 is 17.9 Å². The Morgan fingerprint density at radius 2 is 0.699 bits per heavy atom. The first-order valence-electron chi connectivity index (χ1n) is 44.2. The number of carboxylic acids is 3. The Balaban J connectivity index is 0.000000273. The van der Waals surface area contributed by atoms with Crippen molar-refractivity contribution in [2.24, 2.45) is 67.1 Å².